The van der Waals surface area contributed by atoms with E-state index in [-0.39, 0.29) is 0 Å². The van der Waals surface area contributed by atoms with Crippen molar-refractivity contribution in [2.75, 3.05) is 33.0 Å². The van der Waals surface area contributed by atoms with Gasteiger partial charge in [-0.1, -0.05) is 0 Å². The fourth-order valence-electron chi connectivity index (χ4n) is 7.73. The second-order valence-corrected chi connectivity index (χ2v) is 15.5. The van der Waals surface area contributed by atoms with E-state index >= 15 is 0 Å². The van der Waals surface area contributed by atoms with Gasteiger partial charge in [-0.25, -0.2) is 0 Å². The van der Waals surface area contributed by atoms with Crippen LogP contribution in [0.1, 0.15) is 13.8 Å². The molecule has 0 radical (unpaired) electrons. The standard InChI is InChI=1S/C34H58N2O26/c1-8(41)35-15-20(46)27(12(5-39)55-30(15)53)60-31-16(36-9(2)42)21(47)28(13(6-40)58-31)61-34-25(51)23(49)18(44)14(59-34)7-54-32-26(52)29(19(45)11(4-38)56-32)62-33-24(50)22(48)17(43)10(3-37)57-33/h10-34,37-40,43-53H,3-7H2,1-2H3,(H,35,41)(H,36,42)/t10-,11-,12-,13-,14-,15-,16-,17-,18-,19-,20-,21-,22+,23+,24+,25+,26+,27-,28-,29+,30-,31+,32+,33-,34+/m1/s1. The normalized spacial score (nSPS) is 49.0. The maximum atomic E-state index is 12.3. The molecule has 0 saturated carbocycles. The topological polar surface area (TPSA) is 445 Å². The minimum atomic E-state index is -2.08. The molecule has 0 aliphatic carbocycles. The lowest BCUT2D eigenvalue weighted by Crippen LogP contribution is -2.70. The molecular weight excluding hydrogens is 852 g/mol. The van der Waals surface area contributed by atoms with E-state index in [0.717, 1.165) is 13.8 Å². The van der Waals surface area contributed by atoms with Gasteiger partial charge in [-0.15, -0.1) is 0 Å². The summed E-state index contributed by atoms with van der Waals surface area (Å²) in [6.07, 6.45) is -41.5. The van der Waals surface area contributed by atoms with Gasteiger partial charge in [0.1, 0.15) is 122 Å². The zero-order valence-corrected chi connectivity index (χ0v) is 33.2. The van der Waals surface area contributed by atoms with Gasteiger partial charge in [0.25, 0.3) is 0 Å². The number of aliphatic hydroxyl groups is 15. The molecule has 5 aliphatic rings. The Morgan fingerprint density at radius 3 is 1.35 bits per heavy atom. The first-order valence-corrected chi connectivity index (χ1v) is 19.6. The van der Waals surface area contributed by atoms with E-state index in [4.69, 9.17) is 42.6 Å². The van der Waals surface area contributed by atoms with E-state index in [1.54, 1.807) is 0 Å². The number of aliphatic hydroxyl groups excluding tert-OH is 15. The Hall–Kier alpha value is -2.02. The van der Waals surface area contributed by atoms with Crippen LogP contribution in [-0.2, 0) is 52.2 Å². The minimum absolute atomic E-state index is 0.680. The Labute approximate surface area is 351 Å². The zero-order valence-electron chi connectivity index (χ0n) is 33.2. The van der Waals surface area contributed by atoms with E-state index < -0.39 is 198 Å². The summed E-state index contributed by atoms with van der Waals surface area (Å²) >= 11 is 0. The zero-order chi connectivity index (χ0) is 45.9. The van der Waals surface area contributed by atoms with E-state index in [9.17, 15) is 86.2 Å². The van der Waals surface area contributed by atoms with Gasteiger partial charge in [0, 0.05) is 13.8 Å². The molecule has 25 atom stereocenters. The van der Waals surface area contributed by atoms with Crippen LogP contribution in [-0.4, -0.2) is 275 Å². The lowest BCUT2D eigenvalue weighted by atomic mass is 9.94. The van der Waals surface area contributed by atoms with Crippen molar-refractivity contribution in [3.05, 3.63) is 0 Å². The molecule has 28 nitrogen and oxygen atoms in total. The number of amides is 2. The Balaban J connectivity index is 1.29. The predicted molar refractivity (Wildman–Crippen MR) is 190 cm³/mol. The van der Waals surface area contributed by atoms with E-state index in [1.807, 2.05) is 0 Å². The third kappa shape index (κ3) is 11.0. The van der Waals surface area contributed by atoms with Gasteiger partial charge in [0.05, 0.1) is 33.0 Å². The molecule has 5 fully saturated rings. The van der Waals surface area contributed by atoms with Crippen molar-refractivity contribution in [2.45, 2.75) is 167 Å². The van der Waals surface area contributed by atoms with Crippen LogP contribution in [0.2, 0.25) is 0 Å². The molecule has 0 bridgehead atoms. The largest absolute Gasteiger partial charge is 0.394 e. The fourth-order valence-corrected chi connectivity index (χ4v) is 7.73. The van der Waals surface area contributed by atoms with Crippen molar-refractivity contribution in [1.29, 1.82) is 0 Å². The lowest BCUT2D eigenvalue weighted by molar-refractivity contribution is -0.373. The second-order valence-electron chi connectivity index (χ2n) is 15.5. The molecule has 0 aromatic heterocycles. The molecule has 5 heterocycles. The van der Waals surface area contributed by atoms with Gasteiger partial charge < -0.3 is 130 Å². The van der Waals surface area contributed by atoms with Crippen molar-refractivity contribution in [2.24, 2.45) is 0 Å². The molecule has 28 heteroatoms. The van der Waals surface area contributed by atoms with Crippen molar-refractivity contribution in [3.63, 3.8) is 0 Å². The van der Waals surface area contributed by atoms with Gasteiger partial charge in [0.15, 0.2) is 31.5 Å². The maximum absolute atomic E-state index is 12.3. The highest BCUT2D eigenvalue weighted by Crippen LogP contribution is 2.34. The van der Waals surface area contributed by atoms with Crippen LogP contribution in [0, 0.1) is 0 Å². The van der Waals surface area contributed by atoms with Gasteiger partial charge in [-0.2, -0.15) is 0 Å². The monoisotopic (exact) mass is 910 g/mol. The maximum Gasteiger partial charge on any atom is 0.217 e. The van der Waals surface area contributed by atoms with Crippen LogP contribution in [0.3, 0.4) is 0 Å². The third-order valence-electron chi connectivity index (χ3n) is 11.1. The third-order valence-corrected chi connectivity index (χ3v) is 11.1. The average Bonchev–Trinajstić information content (AvgIpc) is 3.23. The molecule has 17 N–H and O–H groups in total. The molecule has 360 valence electrons. The quantitative estimate of drug-likeness (QED) is 0.0725. The van der Waals surface area contributed by atoms with Crippen LogP contribution in [0.5, 0.6) is 0 Å². The molecule has 5 rings (SSSR count). The lowest BCUT2D eigenvalue weighted by Gasteiger charge is -2.49. The second kappa shape index (κ2) is 22.0. The number of rotatable bonds is 15. The summed E-state index contributed by atoms with van der Waals surface area (Å²) in [4.78, 5) is 24.1. The van der Waals surface area contributed by atoms with Crippen LogP contribution in [0.25, 0.3) is 0 Å². The SMILES string of the molecule is CC(=O)N[C@@H]1[C@@H](O)[C@H](O[C@@H]2O[C@H](CO)[C@@H](O[C@@H]3O[C@H](CO[C@H]4O[C@H](CO)[C@@H](O)[C@H](O[C@H]5O[C@H](CO)[C@@H](O)[C@H](O)[C@@H]5O)[C@@H]4O)[C@@H](O)[C@H](O)[C@@H]3O)[C@H](O)[C@H]2NC(C)=O)[C@@H](CO)O[C@H]1O. The first-order chi connectivity index (χ1) is 29.3. The van der Waals surface area contributed by atoms with Crippen molar-refractivity contribution in [3.8, 4) is 0 Å². The highest BCUT2D eigenvalue weighted by atomic mass is 16.8. The number of carbonyl (C=O) groups is 2. The van der Waals surface area contributed by atoms with Crippen molar-refractivity contribution in [1.82, 2.24) is 10.6 Å². The molecule has 62 heavy (non-hydrogen) atoms. The van der Waals surface area contributed by atoms with Crippen LogP contribution in [0.15, 0.2) is 0 Å². The van der Waals surface area contributed by atoms with Gasteiger partial charge in [-0.05, 0) is 0 Å². The summed E-state index contributed by atoms with van der Waals surface area (Å²) < 4.78 is 50.4. The minimum Gasteiger partial charge on any atom is -0.394 e. The first-order valence-electron chi connectivity index (χ1n) is 19.6. The molecule has 0 spiro atoms. The Bertz CT molecular complexity index is 1440. The number of nitrogens with one attached hydrogen (secondary N) is 2. The predicted octanol–water partition coefficient (Wildman–Crippen LogP) is -11.6. The van der Waals surface area contributed by atoms with Gasteiger partial charge in [0.2, 0.25) is 11.8 Å². The summed E-state index contributed by atoms with van der Waals surface area (Å²) in [6.45, 7) is -2.22. The Morgan fingerprint density at radius 2 is 0.823 bits per heavy atom. The highest BCUT2D eigenvalue weighted by molar-refractivity contribution is 5.73. The number of hydrogen-bond donors (Lipinski definition) is 17. The number of hydrogen-bond acceptors (Lipinski definition) is 26. The van der Waals surface area contributed by atoms with Crippen molar-refractivity contribution >= 4 is 11.8 Å². The van der Waals surface area contributed by atoms with E-state index in [1.165, 1.54) is 0 Å². The van der Waals surface area contributed by atoms with Crippen LogP contribution in [0.4, 0.5) is 0 Å². The molecular formula is C34H58N2O26. The smallest absolute Gasteiger partial charge is 0.217 e. The van der Waals surface area contributed by atoms with Crippen molar-refractivity contribution < 1.29 is 129 Å². The summed E-state index contributed by atoms with van der Waals surface area (Å²) in [5.41, 5.74) is 0. The van der Waals surface area contributed by atoms with E-state index in [0.29, 0.717) is 0 Å². The molecule has 2 amide bonds. The first kappa shape index (κ1) is 51.0. The highest BCUT2D eigenvalue weighted by Gasteiger charge is 2.55. The molecule has 0 aromatic rings. The summed E-state index contributed by atoms with van der Waals surface area (Å²) in [7, 11) is 0. The van der Waals surface area contributed by atoms with Gasteiger partial charge >= 0.3 is 0 Å². The summed E-state index contributed by atoms with van der Waals surface area (Å²) in [5, 5.41) is 162. The summed E-state index contributed by atoms with van der Waals surface area (Å²) in [6, 6.07) is -3.12. The van der Waals surface area contributed by atoms with E-state index in [2.05, 4.69) is 10.6 Å². The number of ether oxygens (including phenoxy) is 9. The Morgan fingerprint density at radius 1 is 0.419 bits per heavy atom. The molecule has 0 unspecified atom stereocenters. The average molecular weight is 911 g/mol. The Kier molecular flexibility index (Phi) is 18.1. The van der Waals surface area contributed by atoms with Crippen LogP contribution < -0.4 is 10.6 Å². The molecule has 0 aromatic carbocycles. The molecule has 5 saturated heterocycles. The molecule has 5 aliphatic heterocycles. The number of carbonyl (C=O) groups excluding carboxylic acids is 2. The van der Waals surface area contributed by atoms with Crippen LogP contribution >= 0.6 is 0 Å². The fraction of sp³-hybridized carbons (Fsp3) is 0.941. The summed E-state index contributed by atoms with van der Waals surface area (Å²) in [5.74, 6) is -1.45. The van der Waals surface area contributed by atoms with Gasteiger partial charge in [-0.3, -0.25) is 9.59 Å².